The van der Waals surface area contributed by atoms with Gasteiger partial charge >= 0.3 is 6.03 Å². The SMILES string of the molecule is C#Cc1cccc(CNCCCNC(=O)Nc2ccsc2)c1. The van der Waals surface area contributed by atoms with Gasteiger partial charge in [-0.2, -0.15) is 11.3 Å². The van der Waals surface area contributed by atoms with Crippen LogP contribution in [0.3, 0.4) is 0 Å². The van der Waals surface area contributed by atoms with Crippen molar-refractivity contribution in [1.82, 2.24) is 10.6 Å². The van der Waals surface area contributed by atoms with Crippen LogP contribution in [0.1, 0.15) is 17.5 Å². The summed E-state index contributed by atoms with van der Waals surface area (Å²) < 4.78 is 0. The van der Waals surface area contributed by atoms with E-state index in [0.717, 1.165) is 30.8 Å². The molecule has 22 heavy (non-hydrogen) atoms. The van der Waals surface area contributed by atoms with Crippen molar-refractivity contribution in [2.24, 2.45) is 0 Å². The number of anilines is 1. The largest absolute Gasteiger partial charge is 0.338 e. The van der Waals surface area contributed by atoms with Gasteiger partial charge in [0, 0.05) is 24.0 Å². The monoisotopic (exact) mass is 313 g/mol. The molecule has 0 saturated carbocycles. The Balaban J connectivity index is 1.55. The lowest BCUT2D eigenvalue weighted by Gasteiger charge is -2.07. The lowest BCUT2D eigenvalue weighted by molar-refractivity contribution is 0.252. The van der Waals surface area contributed by atoms with Crippen molar-refractivity contribution in [2.45, 2.75) is 13.0 Å². The minimum atomic E-state index is -0.167. The van der Waals surface area contributed by atoms with Gasteiger partial charge in [-0.25, -0.2) is 4.79 Å². The first kappa shape index (κ1) is 16.1. The Morgan fingerprint density at radius 3 is 2.95 bits per heavy atom. The third-order valence-electron chi connectivity index (χ3n) is 3.02. The molecular formula is C17H19N3OS. The van der Waals surface area contributed by atoms with E-state index in [1.54, 1.807) is 11.3 Å². The van der Waals surface area contributed by atoms with E-state index in [1.165, 1.54) is 5.56 Å². The van der Waals surface area contributed by atoms with E-state index in [1.807, 2.05) is 41.1 Å². The number of rotatable bonds is 7. The molecule has 1 aromatic heterocycles. The molecule has 0 radical (unpaired) electrons. The molecule has 1 aromatic carbocycles. The van der Waals surface area contributed by atoms with Crippen molar-refractivity contribution in [1.29, 1.82) is 0 Å². The van der Waals surface area contributed by atoms with Gasteiger partial charge in [0.05, 0.1) is 5.69 Å². The quantitative estimate of drug-likeness (QED) is 0.543. The van der Waals surface area contributed by atoms with Crippen molar-refractivity contribution in [3.63, 3.8) is 0 Å². The highest BCUT2D eigenvalue weighted by Gasteiger charge is 2.00. The van der Waals surface area contributed by atoms with Gasteiger partial charge in [0.1, 0.15) is 0 Å². The summed E-state index contributed by atoms with van der Waals surface area (Å²) in [5.41, 5.74) is 2.89. The molecule has 0 aliphatic carbocycles. The number of hydrogen-bond donors (Lipinski definition) is 3. The number of thiophene rings is 1. The maximum absolute atomic E-state index is 11.6. The van der Waals surface area contributed by atoms with Gasteiger partial charge in [-0.05, 0) is 42.1 Å². The zero-order valence-corrected chi connectivity index (χ0v) is 13.1. The Bertz CT molecular complexity index is 632. The summed E-state index contributed by atoms with van der Waals surface area (Å²) >= 11 is 1.55. The van der Waals surface area contributed by atoms with Gasteiger partial charge in [0.2, 0.25) is 0 Å². The van der Waals surface area contributed by atoms with E-state index in [4.69, 9.17) is 6.42 Å². The van der Waals surface area contributed by atoms with Crippen molar-refractivity contribution in [3.05, 3.63) is 52.2 Å². The molecule has 114 valence electrons. The highest BCUT2D eigenvalue weighted by atomic mass is 32.1. The molecule has 0 saturated heterocycles. The summed E-state index contributed by atoms with van der Waals surface area (Å²) in [6, 6.07) is 9.62. The topological polar surface area (TPSA) is 53.2 Å². The average Bonchev–Trinajstić information content (AvgIpc) is 3.04. The van der Waals surface area contributed by atoms with Gasteiger partial charge in [0.15, 0.2) is 0 Å². The van der Waals surface area contributed by atoms with Gasteiger partial charge < -0.3 is 16.0 Å². The summed E-state index contributed by atoms with van der Waals surface area (Å²) in [5.74, 6) is 2.63. The molecule has 0 fully saturated rings. The van der Waals surface area contributed by atoms with E-state index in [0.29, 0.717) is 6.54 Å². The van der Waals surface area contributed by atoms with Gasteiger partial charge in [-0.15, -0.1) is 6.42 Å². The van der Waals surface area contributed by atoms with Crippen LogP contribution in [0.2, 0.25) is 0 Å². The Morgan fingerprint density at radius 2 is 2.18 bits per heavy atom. The van der Waals surface area contributed by atoms with Crippen LogP contribution in [0.25, 0.3) is 0 Å². The van der Waals surface area contributed by atoms with Crippen molar-refractivity contribution in [2.75, 3.05) is 18.4 Å². The Labute approximate surface area is 134 Å². The third-order valence-corrected chi connectivity index (χ3v) is 3.70. The highest BCUT2D eigenvalue weighted by Crippen LogP contribution is 2.11. The number of benzene rings is 1. The van der Waals surface area contributed by atoms with Crippen LogP contribution in [-0.4, -0.2) is 19.1 Å². The minimum Gasteiger partial charge on any atom is -0.338 e. The molecule has 0 atom stereocenters. The molecule has 3 N–H and O–H groups in total. The maximum Gasteiger partial charge on any atom is 0.319 e. The molecule has 0 aliphatic heterocycles. The highest BCUT2D eigenvalue weighted by molar-refractivity contribution is 7.08. The predicted octanol–water partition coefficient (Wildman–Crippen LogP) is 3.03. The third kappa shape index (κ3) is 5.60. The Hall–Kier alpha value is -2.29. The van der Waals surface area contributed by atoms with E-state index in [-0.39, 0.29) is 6.03 Å². The zero-order valence-electron chi connectivity index (χ0n) is 12.3. The van der Waals surface area contributed by atoms with E-state index < -0.39 is 0 Å². The molecular weight excluding hydrogens is 294 g/mol. The van der Waals surface area contributed by atoms with Crippen LogP contribution in [0.4, 0.5) is 10.5 Å². The fraction of sp³-hybridized carbons (Fsp3) is 0.235. The van der Waals surface area contributed by atoms with Gasteiger partial charge in [0.25, 0.3) is 0 Å². The molecule has 2 rings (SSSR count). The summed E-state index contributed by atoms with van der Waals surface area (Å²) in [6.07, 6.45) is 6.24. The summed E-state index contributed by atoms with van der Waals surface area (Å²) in [5, 5.41) is 12.8. The summed E-state index contributed by atoms with van der Waals surface area (Å²) in [4.78, 5) is 11.6. The smallest absolute Gasteiger partial charge is 0.319 e. The number of hydrogen-bond acceptors (Lipinski definition) is 3. The standard InChI is InChI=1S/C17H19N3OS/c1-2-14-5-3-6-15(11-14)12-18-8-4-9-19-17(21)20-16-7-10-22-13-16/h1,3,5-7,10-11,13,18H,4,8-9,12H2,(H2,19,20,21). The Kier molecular flexibility index (Phi) is 6.49. The Morgan fingerprint density at radius 1 is 1.27 bits per heavy atom. The second-order valence-electron chi connectivity index (χ2n) is 4.77. The number of carbonyl (C=O) groups excluding carboxylic acids is 1. The zero-order chi connectivity index (χ0) is 15.6. The lowest BCUT2D eigenvalue weighted by atomic mass is 10.1. The van der Waals surface area contributed by atoms with E-state index >= 15 is 0 Å². The molecule has 0 spiro atoms. The first-order valence-corrected chi connectivity index (χ1v) is 8.05. The molecule has 2 aromatic rings. The summed E-state index contributed by atoms with van der Waals surface area (Å²) in [7, 11) is 0. The normalized spacial score (nSPS) is 9.95. The van der Waals surface area contributed by atoms with Gasteiger partial charge in [-0.1, -0.05) is 18.1 Å². The number of carbonyl (C=O) groups is 1. The van der Waals surface area contributed by atoms with Crippen LogP contribution in [-0.2, 0) is 6.54 Å². The fourth-order valence-electron chi connectivity index (χ4n) is 1.93. The van der Waals surface area contributed by atoms with Crippen LogP contribution in [0.5, 0.6) is 0 Å². The van der Waals surface area contributed by atoms with Gasteiger partial charge in [-0.3, -0.25) is 0 Å². The lowest BCUT2D eigenvalue weighted by Crippen LogP contribution is -2.31. The number of urea groups is 1. The van der Waals surface area contributed by atoms with Crippen LogP contribution < -0.4 is 16.0 Å². The predicted molar refractivity (Wildman–Crippen MR) is 92.0 cm³/mol. The molecule has 5 heteroatoms. The summed E-state index contributed by atoms with van der Waals surface area (Å²) in [6.45, 7) is 2.24. The fourth-order valence-corrected chi connectivity index (χ4v) is 2.52. The second-order valence-corrected chi connectivity index (χ2v) is 5.55. The molecule has 0 unspecified atom stereocenters. The molecule has 1 heterocycles. The number of amides is 2. The van der Waals surface area contributed by atoms with Crippen molar-refractivity contribution >= 4 is 23.1 Å². The van der Waals surface area contributed by atoms with Crippen LogP contribution in [0, 0.1) is 12.3 Å². The van der Waals surface area contributed by atoms with Crippen LogP contribution >= 0.6 is 11.3 Å². The van der Waals surface area contributed by atoms with Crippen molar-refractivity contribution < 1.29 is 4.79 Å². The molecule has 2 amide bonds. The molecule has 0 bridgehead atoms. The number of terminal acetylenes is 1. The second kappa shape index (κ2) is 8.88. The van der Waals surface area contributed by atoms with Crippen LogP contribution in [0.15, 0.2) is 41.1 Å². The van der Waals surface area contributed by atoms with Crippen molar-refractivity contribution in [3.8, 4) is 12.3 Å². The number of nitrogens with one attached hydrogen (secondary N) is 3. The molecule has 4 nitrogen and oxygen atoms in total. The first-order chi connectivity index (χ1) is 10.8. The molecule has 0 aliphatic rings. The maximum atomic E-state index is 11.6. The minimum absolute atomic E-state index is 0.167. The van der Waals surface area contributed by atoms with E-state index in [9.17, 15) is 4.79 Å². The van der Waals surface area contributed by atoms with E-state index in [2.05, 4.69) is 21.9 Å². The first-order valence-electron chi connectivity index (χ1n) is 7.11. The average molecular weight is 313 g/mol.